The molecule has 1 N–H and O–H groups in total. The van der Waals surface area contributed by atoms with Crippen LogP contribution in [0.5, 0.6) is 11.5 Å². The van der Waals surface area contributed by atoms with Crippen LogP contribution in [0.25, 0.3) is 0 Å². The number of carbonyl (C=O) groups excluding carboxylic acids is 2. The number of ether oxygens (including phenoxy) is 2. The Morgan fingerprint density at radius 3 is 2.20 bits per heavy atom. The predicted octanol–water partition coefficient (Wildman–Crippen LogP) is 2.46. The topological polar surface area (TPSA) is 105 Å². The summed E-state index contributed by atoms with van der Waals surface area (Å²) in [5.74, 6) is 0.0243. The molecule has 9 nitrogen and oxygen atoms in total. The molecule has 0 saturated heterocycles. The molecule has 0 radical (unpaired) electrons. The molecule has 0 bridgehead atoms. The van der Waals surface area contributed by atoms with Gasteiger partial charge in [-0.2, -0.15) is 0 Å². The van der Waals surface area contributed by atoms with E-state index in [0.29, 0.717) is 30.9 Å². The normalized spacial score (nSPS) is 11.9. The maximum Gasteiger partial charge on any atom is 0.244 e. The third-order valence-electron chi connectivity index (χ3n) is 5.56. The molecule has 2 aromatic rings. The van der Waals surface area contributed by atoms with E-state index in [1.807, 2.05) is 44.2 Å². The van der Waals surface area contributed by atoms with Gasteiger partial charge in [-0.05, 0) is 37.5 Å². The SMILES string of the molecule is CCNC(=O)C(CC)N(CCc1ccccc1)C(=O)CN(c1ccc(OC)c(OC)c1)S(C)(=O)=O. The van der Waals surface area contributed by atoms with Crippen molar-refractivity contribution in [3.05, 3.63) is 54.1 Å². The molecule has 0 fully saturated rings. The van der Waals surface area contributed by atoms with E-state index >= 15 is 0 Å². The highest BCUT2D eigenvalue weighted by molar-refractivity contribution is 7.92. The van der Waals surface area contributed by atoms with Crippen molar-refractivity contribution in [2.45, 2.75) is 32.7 Å². The van der Waals surface area contributed by atoms with E-state index in [4.69, 9.17) is 9.47 Å². The first-order valence-corrected chi connectivity index (χ1v) is 13.3. The summed E-state index contributed by atoms with van der Waals surface area (Å²) in [7, 11) is -0.908. The van der Waals surface area contributed by atoms with Crippen LogP contribution in [-0.4, -0.2) is 71.3 Å². The first-order chi connectivity index (χ1) is 16.7. The second-order valence-corrected chi connectivity index (χ2v) is 9.86. The lowest BCUT2D eigenvalue weighted by molar-refractivity contribution is -0.139. The summed E-state index contributed by atoms with van der Waals surface area (Å²) in [4.78, 5) is 27.8. The van der Waals surface area contributed by atoms with Gasteiger partial charge in [-0.3, -0.25) is 13.9 Å². The quantitative estimate of drug-likeness (QED) is 0.448. The lowest BCUT2D eigenvalue weighted by atomic mass is 10.1. The number of rotatable bonds is 13. The van der Waals surface area contributed by atoms with Crippen LogP contribution in [0.2, 0.25) is 0 Å². The van der Waals surface area contributed by atoms with Gasteiger partial charge in [0.2, 0.25) is 21.8 Å². The zero-order valence-corrected chi connectivity index (χ0v) is 21.8. The number of nitrogens with zero attached hydrogens (tertiary/aromatic N) is 2. The van der Waals surface area contributed by atoms with Crippen molar-refractivity contribution >= 4 is 27.5 Å². The third-order valence-corrected chi connectivity index (χ3v) is 6.70. The van der Waals surface area contributed by atoms with Gasteiger partial charge in [0.1, 0.15) is 12.6 Å². The molecule has 0 aromatic heterocycles. The number of methoxy groups -OCH3 is 2. The van der Waals surface area contributed by atoms with Gasteiger partial charge in [-0.1, -0.05) is 37.3 Å². The molecule has 0 aliphatic heterocycles. The fraction of sp³-hybridized carbons (Fsp3) is 0.440. The van der Waals surface area contributed by atoms with Gasteiger partial charge in [0.05, 0.1) is 26.2 Å². The molecule has 0 spiro atoms. The Balaban J connectivity index is 2.40. The van der Waals surface area contributed by atoms with E-state index < -0.39 is 28.5 Å². The average molecular weight is 506 g/mol. The first-order valence-electron chi connectivity index (χ1n) is 11.5. The minimum absolute atomic E-state index is 0.257. The lowest BCUT2D eigenvalue weighted by Crippen LogP contribution is -2.53. The van der Waals surface area contributed by atoms with Crippen molar-refractivity contribution in [3.63, 3.8) is 0 Å². The van der Waals surface area contributed by atoms with Gasteiger partial charge in [0, 0.05) is 19.2 Å². The fourth-order valence-corrected chi connectivity index (χ4v) is 4.62. The molecular formula is C25H35N3O6S. The molecular weight excluding hydrogens is 470 g/mol. The highest BCUT2D eigenvalue weighted by Gasteiger charge is 2.31. The van der Waals surface area contributed by atoms with Gasteiger partial charge in [0.25, 0.3) is 0 Å². The van der Waals surface area contributed by atoms with Crippen molar-refractivity contribution in [2.24, 2.45) is 0 Å². The van der Waals surface area contributed by atoms with Gasteiger partial charge < -0.3 is 19.7 Å². The van der Waals surface area contributed by atoms with E-state index in [1.54, 1.807) is 12.1 Å². The molecule has 0 aliphatic rings. The smallest absolute Gasteiger partial charge is 0.244 e. The first kappa shape index (κ1) is 28.0. The Bertz CT molecular complexity index is 1090. The maximum atomic E-state index is 13.6. The summed E-state index contributed by atoms with van der Waals surface area (Å²) in [6.07, 6.45) is 1.95. The molecule has 1 unspecified atom stereocenters. The number of hydrogen-bond donors (Lipinski definition) is 1. The monoisotopic (exact) mass is 505 g/mol. The van der Waals surface area contributed by atoms with E-state index in [0.717, 1.165) is 16.1 Å². The van der Waals surface area contributed by atoms with Gasteiger partial charge in [-0.25, -0.2) is 8.42 Å². The lowest BCUT2D eigenvalue weighted by Gasteiger charge is -2.32. The summed E-state index contributed by atoms with van der Waals surface area (Å²) in [5.41, 5.74) is 1.27. The van der Waals surface area contributed by atoms with Crippen LogP contribution in [0.4, 0.5) is 5.69 Å². The Labute approximate surface area is 208 Å². The number of hydrogen-bond acceptors (Lipinski definition) is 6. The van der Waals surface area contributed by atoms with Crippen molar-refractivity contribution < 1.29 is 27.5 Å². The Hall–Kier alpha value is -3.27. The van der Waals surface area contributed by atoms with Crippen LogP contribution < -0.4 is 19.1 Å². The number of sulfonamides is 1. The van der Waals surface area contributed by atoms with Gasteiger partial charge in [0.15, 0.2) is 11.5 Å². The largest absolute Gasteiger partial charge is 0.493 e. The molecule has 192 valence electrons. The number of carbonyl (C=O) groups is 2. The molecule has 1 atom stereocenters. The fourth-order valence-electron chi connectivity index (χ4n) is 3.78. The van der Waals surface area contributed by atoms with E-state index in [1.165, 1.54) is 25.2 Å². The molecule has 2 rings (SSSR count). The van der Waals surface area contributed by atoms with Crippen molar-refractivity contribution in [2.75, 3.05) is 44.4 Å². The van der Waals surface area contributed by atoms with Crippen molar-refractivity contribution in [3.8, 4) is 11.5 Å². The van der Waals surface area contributed by atoms with Crippen molar-refractivity contribution in [1.29, 1.82) is 0 Å². The number of likely N-dealkylation sites (N-methyl/N-ethyl adjacent to an activating group) is 1. The minimum Gasteiger partial charge on any atom is -0.493 e. The molecule has 2 amide bonds. The van der Waals surface area contributed by atoms with Crippen LogP contribution in [0, 0.1) is 0 Å². The van der Waals surface area contributed by atoms with Gasteiger partial charge >= 0.3 is 0 Å². The van der Waals surface area contributed by atoms with E-state index in [2.05, 4.69) is 5.32 Å². The van der Waals surface area contributed by atoms with Crippen LogP contribution in [0.3, 0.4) is 0 Å². The van der Waals surface area contributed by atoms with Crippen LogP contribution in [0.15, 0.2) is 48.5 Å². The number of benzene rings is 2. The Morgan fingerprint density at radius 1 is 1.00 bits per heavy atom. The highest BCUT2D eigenvalue weighted by Crippen LogP contribution is 2.32. The Morgan fingerprint density at radius 2 is 1.66 bits per heavy atom. The second kappa shape index (κ2) is 13.0. The van der Waals surface area contributed by atoms with E-state index in [9.17, 15) is 18.0 Å². The second-order valence-electron chi connectivity index (χ2n) is 7.95. The third kappa shape index (κ3) is 7.61. The molecule has 2 aromatic carbocycles. The number of anilines is 1. The predicted molar refractivity (Wildman–Crippen MR) is 136 cm³/mol. The standard InChI is InChI=1S/C25H35N3O6S/c1-6-21(25(30)26-7-2)27(16-15-19-11-9-8-10-12-19)24(29)18-28(35(5,31)32)20-13-14-22(33-3)23(17-20)34-4/h8-14,17,21H,6-7,15-16,18H2,1-5H3,(H,26,30). The minimum atomic E-state index is -3.83. The maximum absolute atomic E-state index is 13.6. The molecule has 0 heterocycles. The molecule has 35 heavy (non-hydrogen) atoms. The van der Waals surface area contributed by atoms with Crippen LogP contribution >= 0.6 is 0 Å². The van der Waals surface area contributed by atoms with Crippen molar-refractivity contribution in [1.82, 2.24) is 10.2 Å². The number of amides is 2. The Kier molecular flexibility index (Phi) is 10.4. The zero-order valence-electron chi connectivity index (χ0n) is 21.0. The van der Waals surface area contributed by atoms with Gasteiger partial charge in [-0.15, -0.1) is 0 Å². The molecule has 0 aliphatic carbocycles. The zero-order chi connectivity index (χ0) is 26.0. The van der Waals surface area contributed by atoms with Crippen LogP contribution in [0.1, 0.15) is 25.8 Å². The summed E-state index contributed by atoms with van der Waals surface area (Å²) in [6.45, 7) is 3.87. The average Bonchev–Trinajstić information content (AvgIpc) is 2.84. The summed E-state index contributed by atoms with van der Waals surface area (Å²) in [5, 5.41) is 2.78. The molecule has 10 heteroatoms. The summed E-state index contributed by atoms with van der Waals surface area (Å²) in [6, 6.07) is 13.5. The highest BCUT2D eigenvalue weighted by atomic mass is 32.2. The van der Waals surface area contributed by atoms with Crippen LogP contribution in [-0.2, 0) is 26.0 Å². The molecule has 0 saturated carbocycles. The summed E-state index contributed by atoms with van der Waals surface area (Å²) >= 11 is 0. The number of nitrogens with one attached hydrogen (secondary N) is 1. The van der Waals surface area contributed by atoms with E-state index in [-0.39, 0.29) is 18.1 Å². The summed E-state index contributed by atoms with van der Waals surface area (Å²) < 4.78 is 36.9.